The minimum Gasteiger partial charge on any atom is -0.340 e. The lowest BCUT2D eigenvalue weighted by molar-refractivity contribution is -0.128. The Morgan fingerprint density at radius 2 is 2.23 bits per heavy atom. The van der Waals surface area contributed by atoms with E-state index in [0.717, 1.165) is 6.54 Å². The molecule has 78 valence electrons. The molecule has 0 aromatic rings. The molecule has 3 nitrogen and oxygen atoms in total. The number of rotatable bonds is 7. The Kier molecular flexibility index (Phi) is 6.72. The summed E-state index contributed by atoms with van der Waals surface area (Å²) in [6.45, 7) is 4.79. The maximum atomic E-state index is 12.9. The van der Waals surface area contributed by atoms with Gasteiger partial charge in [-0.15, -0.1) is 0 Å². The molecule has 4 heteroatoms. The Morgan fingerprint density at radius 3 is 2.69 bits per heavy atom. The van der Waals surface area contributed by atoms with Gasteiger partial charge in [0, 0.05) is 13.0 Å². The summed E-state index contributed by atoms with van der Waals surface area (Å²) in [5.41, 5.74) is 0. The Morgan fingerprint density at radius 1 is 1.62 bits per heavy atom. The van der Waals surface area contributed by atoms with Gasteiger partial charge in [-0.1, -0.05) is 6.92 Å². The largest absolute Gasteiger partial charge is 0.340 e. The average Bonchev–Trinajstić information content (AvgIpc) is 2.10. The van der Waals surface area contributed by atoms with Crippen LogP contribution in [-0.4, -0.2) is 43.8 Å². The van der Waals surface area contributed by atoms with Crippen molar-refractivity contribution >= 4 is 5.78 Å². The quantitative estimate of drug-likeness (QED) is 0.606. The molecule has 0 aromatic heterocycles. The van der Waals surface area contributed by atoms with Crippen LogP contribution in [0, 0.1) is 0 Å². The van der Waals surface area contributed by atoms with Crippen molar-refractivity contribution in [3.63, 3.8) is 0 Å². The van der Waals surface area contributed by atoms with Gasteiger partial charge in [0.25, 0.3) is 0 Å². The molecule has 0 saturated carbocycles. The molecule has 0 amide bonds. The SMILES string of the molecule is CCN(C)CCC(F)OCC(C)=O. The van der Waals surface area contributed by atoms with Gasteiger partial charge in [-0.3, -0.25) is 4.79 Å². The first-order valence-electron chi connectivity index (χ1n) is 4.50. The minimum absolute atomic E-state index is 0.128. The van der Waals surface area contributed by atoms with Gasteiger partial charge in [0.2, 0.25) is 0 Å². The van der Waals surface area contributed by atoms with Crippen LogP contribution < -0.4 is 0 Å². The molecule has 0 aromatic carbocycles. The van der Waals surface area contributed by atoms with Gasteiger partial charge in [0.05, 0.1) is 0 Å². The summed E-state index contributed by atoms with van der Waals surface area (Å²) in [5.74, 6) is -0.147. The van der Waals surface area contributed by atoms with Crippen LogP contribution in [0.1, 0.15) is 20.3 Å². The molecule has 0 spiro atoms. The number of ether oxygens (including phenoxy) is 1. The Labute approximate surface area is 78.9 Å². The van der Waals surface area contributed by atoms with E-state index in [4.69, 9.17) is 0 Å². The second kappa shape index (κ2) is 6.97. The zero-order chi connectivity index (χ0) is 10.3. The summed E-state index contributed by atoms with van der Waals surface area (Å²) < 4.78 is 17.5. The Balaban J connectivity index is 3.39. The molecular formula is C9H18FNO2. The van der Waals surface area contributed by atoms with Crippen LogP contribution in [0.25, 0.3) is 0 Å². The van der Waals surface area contributed by atoms with E-state index >= 15 is 0 Å². The van der Waals surface area contributed by atoms with E-state index in [1.54, 1.807) is 0 Å². The normalized spacial score (nSPS) is 13.3. The third kappa shape index (κ3) is 7.87. The zero-order valence-corrected chi connectivity index (χ0v) is 8.55. The maximum absolute atomic E-state index is 12.9. The summed E-state index contributed by atoms with van der Waals surface area (Å²) in [7, 11) is 1.91. The highest BCUT2D eigenvalue weighted by atomic mass is 19.1. The number of halogens is 1. The van der Waals surface area contributed by atoms with Gasteiger partial charge in [-0.2, -0.15) is 0 Å². The van der Waals surface area contributed by atoms with Gasteiger partial charge in [-0.25, -0.2) is 4.39 Å². The van der Waals surface area contributed by atoms with Crippen molar-refractivity contribution in [2.45, 2.75) is 26.6 Å². The standard InChI is InChI=1S/C9H18FNO2/c1-4-11(3)6-5-9(10)13-7-8(2)12/h9H,4-7H2,1-3H3. The monoisotopic (exact) mass is 191 g/mol. The van der Waals surface area contributed by atoms with Crippen LogP contribution in [0.5, 0.6) is 0 Å². The van der Waals surface area contributed by atoms with Crippen LogP contribution in [0.3, 0.4) is 0 Å². The van der Waals surface area contributed by atoms with Gasteiger partial charge in [0.15, 0.2) is 12.1 Å². The van der Waals surface area contributed by atoms with Gasteiger partial charge in [-0.05, 0) is 20.5 Å². The Hall–Kier alpha value is -0.480. The van der Waals surface area contributed by atoms with E-state index < -0.39 is 6.36 Å². The minimum atomic E-state index is -1.32. The smallest absolute Gasteiger partial charge is 0.200 e. The second-order valence-electron chi connectivity index (χ2n) is 3.11. The average molecular weight is 191 g/mol. The number of hydrogen-bond donors (Lipinski definition) is 0. The summed E-state index contributed by atoms with van der Waals surface area (Å²) >= 11 is 0. The van der Waals surface area contributed by atoms with E-state index in [1.807, 2.05) is 18.9 Å². The van der Waals surface area contributed by atoms with E-state index in [2.05, 4.69) is 4.74 Å². The molecule has 1 atom stereocenters. The molecule has 0 aliphatic rings. The van der Waals surface area contributed by atoms with Crippen LogP contribution in [0.15, 0.2) is 0 Å². The first kappa shape index (κ1) is 12.5. The third-order valence-corrected chi connectivity index (χ3v) is 1.75. The van der Waals surface area contributed by atoms with E-state index in [9.17, 15) is 9.18 Å². The molecule has 13 heavy (non-hydrogen) atoms. The number of hydrogen-bond acceptors (Lipinski definition) is 3. The van der Waals surface area contributed by atoms with Gasteiger partial charge in [0.1, 0.15) is 6.61 Å². The van der Waals surface area contributed by atoms with Crippen LogP contribution in [-0.2, 0) is 9.53 Å². The zero-order valence-electron chi connectivity index (χ0n) is 8.55. The molecular weight excluding hydrogens is 173 g/mol. The summed E-state index contributed by atoms with van der Waals surface area (Å²) in [5, 5.41) is 0. The highest BCUT2D eigenvalue weighted by molar-refractivity contribution is 5.76. The maximum Gasteiger partial charge on any atom is 0.200 e. The molecule has 0 aliphatic heterocycles. The van der Waals surface area contributed by atoms with Gasteiger partial charge >= 0.3 is 0 Å². The van der Waals surface area contributed by atoms with Crippen molar-refractivity contribution < 1.29 is 13.9 Å². The number of alkyl halides is 1. The van der Waals surface area contributed by atoms with Crippen molar-refractivity contribution in [1.82, 2.24) is 4.90 Å². The van der Waals surface area contributed by atoms with Crippen LogP contribution in [0.4, 0.5) is 4.39 Å². The van der Waals surface area contributed by atoms with Crippen molar-refractivity contribution in [2.75, 3.05) is 26.7 Å². The van der Waals surface area contributed by atoms with Crippen molar-refractivity contribution in [3.8, 4) is 0 Å². The second-order valence-corrected chi connectivity index (χ2v) is 3.11. The fraction of sp³-hybridized carbons (Fsp3) is 0.889. The molecule has 0 saturated heterocycles. The highest BCUT2D eigenvalue weighted by Gasteiger charge is 2.08. The van der Waals surface area contributed by atoms with Crippen molar-refractivity contribution in [1.29, 1.82) is 0 Å². The molecule has 0 heterocycles. The first-order valence-corrected chi connectivity index (χ1v) is 4.50. The highest BCUT2D eigenvalue weighted by Crippen LogP contribution is 2.01. The number of ketones is 1. The van der Waals surface area contributed by atoms with Crippen molar-refractivity contribution in [3.05, 3.63) is 0 Å². The molecule has 0 aliphatic carbocycles. The molecule has 0 bridgehead atoms. The fourth-order valence-electron chi connectivity index (χ4n) is 0.771. The first-order chi connectivity index (χ1) is 6.06. The molecule has 1 unspecified atom stereocenters. The van der Waals surface area contributed by atoms with Crippen molar-refractivity contribution in [2.24, 2.45) is 0 Å². The lowest BCUT2D eigenvalue weighted by Gasteiger charge is -2.15. The topological polar surface area (TPSA) is 29.5 Å². The third-order valence-electron chi connectivity index (χ3n) is 1.75. The number of nitrogens with zero attached hydrogens (tertiary/aromatic N) is 1. The summed E-state index contributed by atoms with van der Waals surface area (Å²) in [4.78, 5) is 12.4. The van der Waals surface area contributed by atoms with E-state index in [1.165, 1.54) is 6.92 Å². The summed E-state index contributed by atoms with van der Waals surface area (Å²) in [6.07, 6.45) is -1.00. The van der Waals surface area contributed by atoms with Gasteiger partial charge < -0.3 is 9.64 Å². The van der Waals surface area contributed by atoms with E-state index in [0.29, 0.717) is 13.0 Å². The molecule has 0 radical (unpaired) electrons. The predicted molar refractivity (Wildman–Crippen MR) is 49.3 cm³/mol. The lowest BCUT2D eigenvalue weighted by atomic mass is 10.4. The summed E-state index contributed by atoms with van der Waals surface area (Å²) in [6, 6.07) is 0. The Bertz CT molecular complexity index is 153. The van der Waals surface area contributed by atoms with E-state index in [-0.39, 0.29) is 12.4 Å². The molecule has 0 N–H and O–H groups in total. The number of Topliss-reactive ketones (excluding diaryl/α,β-unsaturated/α-hetero) is 1. The van der Waals surface area contributed by atoms with Crippen LogP contribution in [0.2, 0.25) is 0 Å². The predicted octanol–water partition coefficient (Wildman–Crippen LogP) is 1.23. The van der Waals surface area contributed by atoms with Crippen LogP contribution >= 0.6 is 0 Å². The fourth-order valence-corrected chi connectivity index (χ4v) is 0.771. The number of carbonyl (C=O) groups is 1. The molecule has 0 rings (SSSR count). The lowest BCUT2D eigenvalue weighted by Crippen LogP contribution is -2.23. The number of carbonyl (C=O) groups excluding carboxylic acids is 1. The molecule has 0 fully saturated rings.